The van der Waals surface area contributed by atoms with Gasteiger partial charge in [-0.05, 0) is 18.9 Å². The standard InChI is InChI=1S/C21H25ClN8O2/c1-32-15-11-29(12-15)14-3-6-28(7-4-14)17-2-5-24-9-16(17)26-21(31)18-19(23)27-30-10-13(22)8-25-20(18)30/h2,5,8-10,14-15H,3-4,6-7,11-12H2,1H3,(H2,23,27)(H,26,31). The lowest BCUT2D eigenvalue weighted by Gasteiger charge is -2.47. The largest absolute Gasteiger partial charge is 0.381 e. The Balaban J connectivity index is 1.31. The molecule has 0 unspecified atom stereocenters. The van der Waals surface area contributed by atoms with Crippen LogP contribution in [0.25, 0.3) is 5.65 Å². The number of fused-ring (bicyclic) bond motifs is 1. The molecule has 0 bridgehead atoms. The van der Waals surface area contributed by atoms with Crippen LogP contribution >= 0.6 is 11.6 Å². The maximum absolute atomic E-state index is 13.1. The van der Waals surface area contributed by atoms with Crippen molar-refractivity contribution in [3.8, 4) is 0 Å². The molecule has 1 amide bonds. The number of rotatable bonds is 5. The molecule has 0 saturated carbocycles. The van der Waals surface area contributed by atoms with Crippen LogP contribution in [0, 0.1) is 0 Å². The summed E-state index contributed by atoms with van der Waals surface area (Å²) in [5.41, 5.74) is 8.13. The predicted octanol–water partition coefficient (Wildman–Crippen LogP) is 1.91. The number of amides is 1. The van der Waals surface area contributed by atoms with E-state index in [0.29, 0.717) is 28.5 Å². The lowest BCUT2D eigenvalue weighted by atomic mass is 9.98. The van der Waals surface area contributed by atoms with Crippen molar-refractivity contribution in [1.82, 2.24) is 24.5 Å². The van der Waals surface area contributed by atoms with Gasteiger partial charge in [-0.2, -0.15) is 0 Å². The number of nitrogen functional groups attached to an aromatic ring is 1. The molecule has 2 aliphatic heterocycles. The summed E-state index contributed by atoms with van der Waals surface area (Å²) < 4.78 is 6.81. The number of hydrogen-bond donors (Lipinski definition) is 2. The van der Waals surface area contributed by atoms with Gasteiger partial charge in [-0.1, -0.05) is 11.6 Å². The quantitative estimate of drug-likeness (QED) is 0.598. The Morgan fingerprint density at radius 3 is 2.81 bits per heavy atom. The van der Waals surface area contributed by atoms with E-state index in [1.165, 1.54) is 10.7 Å². The van der Waals surface area contributed by atoms with Gasteiger partial charge in [0.15, 0.2) is 11.5 Å². The van der Waals surface area contributed by atoms with E-state index < -0.39 is 0 Å². The van der Waals surface area contributed by atoms with Crippen molar-refractivity contribution in [1.29, 1.82) is 0 Å². The summed E-state index contributed by atoms with van der Waals surface area (Å²) >= 11 is 5.97. The Morgan fingerprint density at radius 2 is 2.06 bits per heavy atom. The molecule has 0 atom stereocenters. The van der Waals surface area contributed by atoms with E-state index >= 15 is 0 Å². The second-order valence-corrected chi connectivity index (χ2v) is 8.61. The third-order valence-electron chi connectivity index (χ3n) is 6.27. The van der Waals surface area contributed by atoms with Gasteiger partial charge in [0, 0.05) is 51.7 Å². The number of ether oxygens (including phenoxy) is 1. The molecule has 0 spiro atoms. The van der Waals surface area contributed by atoms with E-state index in [2.05, 4.69) is 30.2 Å². The third kappa shape index (κ3) is 3.85. The topological polar surface area (TPSA) is 114 Å². The SMILES string of the molecule is COC1CN(C2CCN(c3ccncc3NC(=O)c3c(N)nn4cc(Cl)cnc34)CC2)C1. The van der Waals surface area contributed by atoms with Crippen molar-refractivity contribution < 1.29 is 9.53 Å². The van der Waals surface area contributed by atoms with Crippen LogP contribution in [-0.2, 0) is 4.74 Å². The molecule has 3 aromatic heterocycles. The van der Waals surface area contributed by atoms with Gasteiger partial charge in [0.1, 0.15) is 5.56 Å². The second-order valence-electron chi connectivity index (χ2n) is 8.18. The zero-order valence-corrected chi connectivity index (χ0v) is 18.5. The van der Waals surface area contributed by atoms with Crippen molar-refractivity contribution in [2.24, 2.45) is 0 Å². The molecule has 2 aliphatic rings. The number of halogens is 1. The monoisotopic (exact) mass is 456 g/mol. The maximum Gasteiger partial charge on any atom is 0.263 e. The van der Waals surface area contributed by atoms with E-state index in [1.807, 2.05) is 6.07 Å². The number of nitrogens with zero attached hydrogens (tertiary/aromatic N) is 6. The van der Waals surface area contributed by atoms with Crippen LogP contribution in [0.5, 0.6) is 0 Å². The number of nitrogens with one attached hydrogen (secondary N) is 1. The van der Waals surface area contributed by atoms with Crippen LogP contribution in [0.3, 0.4) is 0 Å². The minimum atomic E-state index is -0.386. The van der Waals surface area contributed by atoms with Crippen LogP contribution in [0.4, 0.5) is 17.2 Å². The molecule has 3 N–H and O–H groups in total. The van der Waals surface area contributed by atoms with Crippen molar-refractivity contribution in [2.45, 2.75) is 25.0 Å². The molecule has 168 valence electrons. The van der Waals surface area contributed by atoms with Crippen LogP contribution in [0.2, 0.25) is 5.02 Å². The summed E-state index contributed by atoms with van der Waals surface area (Å²) in [7, 11) is 1.77. The van der Waals surface area contributed by atoms with Gasteiger partial charge in [0.2, 0.25) is 0 Å². The number of piperidine rings is 1. The summed E-state index contributed by atoms with van der Waals surface area (Å²) in [5, 5.41) is 7.50. The minimum Gasteiger partial charge on any atom is -0.381 e. The summed E-state index contributed by atoms with van der Waals surface area (Å²) in [6, 6.07) is 2.51. The molecule has 2 fully saturated rings. The first kappa shape index (κ1) is 20.9. The highest BCUT2D eigenvalue weighted by Crippen LogP contribution is 2.31. The zero-order valence-electron chi connectivity index (χ0n) is 17.7. The molecule has 5 rings (SSSR count). The first-order valence-electron chi connectivity index (χ1n) is 10.6. The molecule has 3 aromatic rings. The number of carbonyl (C=O) groups excluding carboxylic acids is 1. The van der Waals surface area contributed by atoms with Crippen LogP contribution in [0.1, 0.15) is 23.2 Å². The lowest BCUT2D eigenvalue weighted by Crippen LogP contribution is -2.58. The zero-order chi connectivity index (χ0) is 22.2. The van der Waals surface area contributed by atoms with Gasteiger partial charge < -0.3 is 20.7 Å². The van der Waals surface area contributed by atoms with E-state index in [4.69, 9.17) is 22.1 Å². The van der Waals surface area contributed by atoms with E-state index in [0.717, 1.165) is 44.7 Å². The van der Waals surface area contributed by atoms with E-state index in [1.54, 1.807) is 25.7 Å². The van der Waals surface area contributed by atoms with Crippen molar-refractivity contribution in [3.63, 3.8) is 0 Å². The molecule has 0 aliphatic carbocycles. The summed E-state index contributed by atoms with van der Waals surface area (Å²) in [5.74, 6) is -0.296. The third-order valence-corrected chi connectivity index (χ3v) is 6.47. The highest BCUT2D eigenvalue weighted by atomic mass is 35.5. The number of carbonyl (C=O) groups is 1. The predicted molar refractivity (Wildman–Crippen MR) is 122 cm³/mol. The molecular weight excluding hydrogens is 432 g/mol. The highest BCUT2D eigenvalue weighted by Gasteiger charge is 2.34. The van der Waals surface area contributed by atoms with E-state index in [-0.39, 0.29) is 17.3 Å². The van der Waals surface area contributed by atoms with Crippen LogP contribution in [-0.4, -0.2) is 75.8 Å². The van der Waals surface area contributed by atoms with E-state index in [9.17, 15) is 4.79 Å². The summed E-state index contributed by atoms with van der Waals surface area (Å²) in [4.78, 5) is 26.3. The van der Waals surface area contributed by atoms with Crippen LogP contribution < -0.4 is 16.0 Å². The van der Waals surface area contributed by atoms with Gasteiger partial charge in [-0.25, -0.2) is 9.50 Å². The Labute approximate surface area is 190 Å². The van der Waals surface area contributed by atoms with Gasteiger partial charge in [0.05, 0.1) is 34.9 Å². The Kier molecular flexibility index (Phi) is 5.58. The number of pyridine rings is 1. The Hall–Kier alpha value is -2.95. The van der Waals surface area contributed by atoms with Gasteiger partial charge in [-0.15, -0.1) is 5.10 Å². The first-order valence-corrected chi connectivity index (χ1v) is 11.0. The number of hydrogen-bond acceptors (Lipinski definition) is 8. The number of anilines is 3. The normalized spacial score (nSPS) is 18.1. The molecule has 10 nitrogen and oxygen atoms in total. The smallest absolute Gasteiger partial charge is 0.263 e. The van der Waals surface area contributed by atoms with Gasteiger partial charge >= 0.3 is 0 Å². The van der Waals surface area contributed by atoms with Gasteiger partial charge in [0.25, 0.3) is 5.91 Å². The fraction of sp³-hybridized carbons (Fsp3) is 0.429. The molecule has 11 heteroatoms. The fourth-order valence-corrected chi connectivity index (χ4v) is 4.62. The number of aromatic nitrogens is 4. The maximum atomic E-state index is 13.1. The minimum absolute atomic E-state index is 0.0902. The number of likely N-dealkylation sites (tertiary alicyclic amines) is 1. The fourth-order valence-electron chi connectivity index (χ4n) is 4.48. The molecule has 5 heterocycles. The molecular formula is C21H25ClN8O2. The molecule has 2 saturated heterocycles. The highest BCUT2D eigenvalue weighted by molar-refractivity contribution is 6.30. The van der Waals surface area contributed by atoms with Crippen molar-refractivity contribution in [2.75, 3.05) is 49.2 Å². The second kappa shape index (κ2) is 8.53. The Morgan fingerprint density at radius 1 is 1.28 bits per heavy atom. The summed E-state index contributed by atoms with van der Waals surface area (Å²) in [6.45, 7) is 3.84. The van der Waals surface area contributed by atoms with Crippen molar-refractivity contribution in [3.05, 3.63) is 41.4 Å². The number of methoxy groups -OCH3 is 1. The average Bonchev–Trinajstić information content (AvgIpc) is 3.09. The average molecular weight is 457 g/mol. The molecule has 0 aromatic carbocycles. The summed E-state index contributed by atoms with van der Waals surface area (Å²) in [6.07, 6.45) is 8.92. The molecule has 0 radical (unpaired) electrons. The first-order chi connectivity index (χ1) is 15.5. The Bertz CT molecular complexity index is 1140. The van der Waals surface area contributed by atoms with Crippen LogP contribution in [0.15, 0.2) is 30.9 Å². The lowest BCUT2D eigenvalue weighted by molar-refractivity contribution is -0.0546. The van der Waals surface area contributed by atoms with Crippen molar-refractivity contribution >= 4 is 40.3 Å². The molecule has 32 heavy (non-hydrogen) atoms. The van der Waals surface area contributed by atoms with Gasteiger partial charge in [-0.3, -0.25) is 14.7 Å². The number of nitrogens with two attached hydrogens (primary N) is 1.